The molecule has 0 fully saturated rings. The number of hydrogen-bond acceptors (Lipinski definition) is 3. The zero-order valence-corrected chi connectivity index (χ0v) is 9.87. The van der Waals surface area contributed by atoms with E-state index in [1.54, 1.807) is 18.2 Å². The Morgan fingerprint density at radius 2 is 2.07 bits per heavy atom. The Morgan fingerprint density at radius 1 is 1.33 bits per heavy atom. The van der Waals surface area contributed by atoms with Crippen LogP contribution in [0.2, 0.25) is 0 Å². The Hall–Kier alpha value is -1.03. The maximum absolute atomic E-state index is 11.4. The summed E-state index contributed by atoms with van der Waals surface area (Å²) in [6.45, 7) is 0.388. The van der Waals surface area contributed by atoms with Crippen molar-refractivity contribution in [2.45, 2.75) is 12.8 Å². The first-order valence-corrected chi connectivity index (χ1v) is 5.89. The van der Waals surface area contributed by atoms with Gasteiger partial charge in [-0.05, 0) is 25.0 Å². The molecule has 15 heavy (non-hydrogen) atoms. The number of phenolic OH excluding ortho intramolecular Hbond substituents is 1. The molecule has 0 bridgehead atoms. The number of alkyl halides is 1. The number of para-hydroxylation sites is 1. The van der Waals surface area contributed by atoms with Crippen LogP contribution in [-0.2, 0) is 4.74 Å². The Balaban J connectivity index is 2.44. The maximum atomic E-state index is 11.4. The lowest BCUT2D eigenvalue weighted by Crippen LogP contribution is -2.06. The van der Waals surface area contributed by atoms with E-state index < -0.39 is 5.97 Å². The SMILES string of the molecule is O=C(OCCCCBr)c1ccccc1O. The minimum Gasteiger partial charge on any atom is -0.507 e. The summed E-state index contributed by atoms with van der Waals surface area (Å²) in [5, 5.41) is 10.3. The minimum atomic E-state index is -0.470. The third-order valence-corrected chi connectivity index (χ3v) is 2.45. The Bertz CT molecular complexity index is 325. The summed E-state index contributed by atoms with van der Waals surface area (Å²) in [6.07, 6.45) is 1.79. The molecule has 3 nitrogen and oxygen atoms in total. The molecule has 82 valence electrons. The topological polar surface area (TPSA) is 46.5 Å². The third kappa shape index (κ3) is 3.91. The molecular weight excluding hydrogens is 260 g/mol. The van der Waals surface area contributed by atoms with E-state index >= 15 is 0 Å². The molecule has 1 rings (SSSR count). The zero-order valence-electron chi connectivity index (χ0n) is 8.28. The molecule has 1 aromatic carbocycles. The van der Waals surface area contributed by atoms with Crippen LogP contribution in [0.25, 0.3) is 0 Å². The lowest BCUT2D eigenvalue weighted by Gasteiger charge is -2.05. The highest BCUT2D eigenvalue weighted by molar-refractivity contribution is 9.09. The number of hydrogen-bond donors (Lipinski definition) is 1. The molecule has 0 saturated carbocycles. The molecule has 0 saturated heterocycles. The number of carbonyl (C=O) groups is 1. The van der Waals surface area contributed by atoms with Crippen LogP contribution in [0.4, 0.5) is 0 Å². The van der Waals surface area contributed by atoms with Gasteiger partial charge >= 0.3 is 5.97 Å². The summed E-state index contributed by atoms with van der Waals surface area (Å²) in [4.78, 5) is 11.4. The summed E-state index contributed by atoms with van der Waals surface area (Å²) < 4.78 is 4.99. The molecule has 4 heteroatoms. The summed E-state index contributed by atoms with van der Waals surface area (Å²) in [7, 11) is 0. The molecule has 0 unspecified atom stereocenters. The smallest absolute Gasteiger partial charge is 0.341 e. The second kappa shape index (κ2) is 6.45. The average molecular weight is 273 g/mol. The maximum Gasteiger partial charge on any atom is 0.341 e. The van der Waals surface area contributed by atoms with Gasteiger partial charge in [-0.2, -0.15) is 0 Å². The van der Waals surface area contributed by atoms with E-state index in [4.69, 9.17) is 4.74 Å². The fourth-order valence-electron chi connectivity index (χ4n) is 1.09. The standard InChI is InChI=1S/C11H13BrO3/c12-7-3-4-8-15-11(14)9-5-1-2-6-10(9)13/h1-2,5-6,13H,3-4,7-8H2. The normalized spacial score (nSPS) is 9.93. The molecule has 0 aliphatic rings. The molecule has 0 radical (unpaired) electrons. The van der Waals surface area contributed by atoms with Crippen LogP contribution in [0.5, 0.6) is 5.75 Å². The van der Waals surface area contributed by atoms with Crippen molar-refractivity contribution in [3.8, 4) is 5.75 Å². The molecule has 0 aliphatic carbocycles. The van der Waals surface area contributed by atoms with E-state index in [0.29, 0.717) is 6.61 Å². The van der Waals surface area contributed by atoms with Crippen molar-refractivity contribution in [3.63, 3.8) is 0 Å². The Morgan fingerprint density at radius 3 is 2.73 bits per heavy atom. The Labute approximate surface area is 97.2 Å². The van der Waals surface area contributed by atoms with Crippen LogP contribution < -0.4 is 0 Å². The first-order valence-electron chi connectivity index (χ1n) is 4.77. The van der Waals surface area contributed by atoms with Gasteiger partial charge in [0.15, 0.2) is 0 Å². The van der Waals surface area contributed by atoms with Gasteiger partial charge in [0.2, 0.25) is 0 Å². The van der Waals surface area contributed by atoms with Gasteiger partial charge in [-0.1, -0.05) is 28.1 Å². The molecule has 0 heterocycles. The molecule has 0 amide bonds. The molecular formula is C11H13BrO3. The van der Waals surface area contributed by atoms with Gasteiger partial charge in [0.1, 0.15) is 11.3 Å². The zero-order chi connectivity index (χ0) is 11.1. The van der Waals surface area contributed by atoms with E-state index in [-0.39, 0.29) is 11.3 Å². The van der Waals surface area contributed by atoms with Crippen LogP contribution >= 0.6 is 15.9 Å². The average Bonchev–Trinajstić information content (AvgIpc) is 2.25. The summed E-state index contributed by atoms with van der Waals surface area (Å²) in [5.41, 5.74) is 0.219. The number of aromatic hydroxyl groups is 1. The van der Waals surface area contributed by atoms with Crippen molar-refractivity contribution >= 4 is 21.9 Å². The van der Waals surface area contributed by atoms with Crippen molar-refractivity contribution in [2.24, 2.45) is 0 Å². The fraction of sp³-hybridized carbons (Fsp3) is 0.364. The van der Waals surface area contributed by atoms with E-state index in [1.165, 1.54) is 6.07 Å². The summed E-state index contributed by atoms with van der Waals surface area (Å²) >= 11 is 3.29. The van der Waals surface area contributed by atoms with E-state index in [1.807, 2.05) is 0 Å². The van der Waals surface area contributed by atoms with Crippen LogP contribution in [0.1, 0.15) is 23.2 Å². The van der Waals surface area contributed by atoms with Crippen molar-refractivity contribution in [1.82, 2.24) is 0 Å². The van der Waals surface area contributed by atoms with Gasteiger partial charge in [0, 0.05) is 5.33 Å². The van der Waals surface area contributed by atoms with E-state index in [9.17, 15) is 9.90 Å². The number of carbonyl (C=O) groups excluding carboxylic acids is 1. The number of ether oxygens (including phenoxy) is 1. The molecule has 0 spiro atoms. The molecule has 0 atom stereocenters. The lowest BCUT2D eigenvalue weighted by atomic mass is 10.2. The fourth-order valence-corrected chi connectivity index (χ4v) is 1.48. The van der Waals surface area contributed by atoms with Crippen molar-refractivity contribution in [1.29, 1.82) is 0 Å². The monoisotopic (exact) mass is 272 g/mol. The third-order valence-electron chi connectivity index (χ3n) is 1.89. The molecule has 1 N–H and O–H groups in total. The van der Waals surface area contributed by atoms with Gasteiger partial charge in [-0.25, -0.2) is 4.79 Å². The number of esters is 1. The summed E-state index contributed by atoms with van der Waals surface area (Å²) in [6, 6.07) is 6.36. The number of unbranched alkanes of at least 4 members (excludes halogenated alkanes) is 1. The van der Waals surface area contributed by atoms with E-state index in [0.717, 1.165) is 18.2 Å². The second-order valence-corrected chi connectivity index (χ2v) is 3.84. The highest BCUT2D eigenvalue weighted by Crippen LogP contribution is 2.16. The van der Waals surface area contributed by atoms with Gasteiger partial charge in [-0.3, -0.25) is 0 Å². The van der Waals surface area contributed by atoms with Crippen LogP contribution in [0, 0.1) is 0 Å². The van der Waals surface area contributed by atoms with E-state index in [2.05, 4.69) is 15.9 Å². The van der Waals surface area contributed by atoms with Crippen LogP contribution in [0.3, 0.4) is 0 Å². The number of rotatable bonds is 5. The second-order valence-electron chi connectivity index (χ2n) is 3.05. The minimum absolute atomic E-state index is 0.0389. The predicted octanol–water partition coefficient (Wildman–Crippen LogP) is 2.72. The molecule has 1 aromatic rings. The largest absolute Gasteiger partial charge is 0.507 e. The van der Waals surface area contributed by atoms with Crippen LogP contribution in [-0.4, -0.2) is 23.0 Å². The number of phenols is 1. The van der Waals surface area contributed by atoms with Gasteiger partial charge in [-0.15, -0.1) is 0 Å². The highest BCUT2D eigenvalue weighted by Gasteiger charge is 2.10. The number of halogens is 1. The van der Waals surface area contributed by atoms with Crippen molar-refractivity contribution in [2.75, 3.05) is 11.9 Å². The summed E-state index contributed by atoms with van der Waals surface area (Å²) in [5.74, 6) is -0.509. The van der Waals surface area contributed by atoms with Crippen LogP contribution in [0.15, 0.2) is 24.3 Å². The van der Waals surface area contributed by atoms with Gasteiger partial charge < -0.3 is 9.84 Å². The quantitative estimate of drug-likeness (QED) is 0.509. The lowest BCUT2D eigenvalue weighted by molar-refractivity contribution is 0.0497. The van der Waals surface area contributed by atoms with Crippen molar-refractivity contribution in [3.05, 3.63) is 29.8 Å². The first kappa shape index (κ1) is 12.0. The van der Waals surface area contributed by atoms with Gasteiger partial charge in [0.25, 0.3) is 0 Å². The molecule has 0 aromatic heterocycles. The van der Waals surface area contributed by atoms with Crippen molar-refractivity contribution < 1.29 is 14.6 Å². The Kier molecular flexibility index (Phi) is 5.18. The predicted molar refractivity (Wildman–Crippen MR) is 61.4 cm³/mol. The van der Waals surface area contributed by atoms with Gasteiger partial charge in [0.05, 0.1) is 6.61 Å². The first-order chi connectivity index (χ1) is 7.25. The molecule has 0 aliphatic heterocycles. The number of benzene rings is 1. The highest BCUT2D eigenvalue weighted by atomic mass is 79.9.